The number of hydrogen-bond acceptors (Lipinski definition) is 4. The fraction of sp³-hybridized carbons (Fsp3) is 0.286. The van der Waals surface area contributed by atoms with E-state index in [9.17, 15) is 17.6 Å². The molecule has 0 spiro atoms. The minimum Gasteiger partial charge on any atom is -0.308 e. The van der Waals surface area contributed by atoms with Crippen LogP contribution < -0.4 is 4.90 Å². The number of anilines is 1. The van der Waals surface area contributed by atoms with Crippen LogP contribution in [0.5, 0.6) is 0 Å². The number of halogens is 1. The maximum atomic E-state index is 13.4. The molecule has 0 aliphatic carbocycles. The molecule has 0 radical (unpaired) electrons. The zero-order chi connectivity index (χ0) is 20.9. The summed E-state index contributed by atoms with van der Waals surface area (Å²) in [7, 11) is -3.75. The molecule has 6 nitrogen and oxygen atoms in total. The minimum atomic E-state index is -3.75. The Balaban J connectivity index is 1.62. The standard InChI is InChI=1S/C21H24FN3O3S/c1-2-11-25(19-8-4-3-5-9-19)21(26)17-23-12-14-24(15-13-23)29(27,28)20-10-6-7-18(22)16-20/h2-10,16H,1,11-15,17H2. The van der Waals surface area contributed by atoms with Crippen LogP contribution in [-0.4, -0.2) is 62.8 Å². The van der Waals surface area contributed by atoms with E-state index >= 15 is 0 Å². The molecule has 2 aromatic carbocycles. The summed E-state index contributed by atoms with van der Waals surface area (Å²) in [5.41, 5.74) is 0.796. The minimum absolute atomic E-state index is 0.0525. The molecular formula is C21H24FN3O3S. The summed E-state index contributed by atoms with van der Waals surface area (Å²) in [4.78, 5) is 16.3. The third-order valence-corrected chi connectivity index (χ3v) is 6.70. The number of nitrogens with zero attached hydrogens (tertiary/aromatic N) is 3. The number of sulfonamides is 1. The Morgan fingerprint density at radius 2 is 1.76 bits per heavy atom. The molecule has 0 aromatic heterocycles. The number of carbonyl (C=O) groups excluding carboxylic acids is 1. The van der Waals surface area contributed by atoms with Gasteiger partial charge in [0.25, 0.3) is 0 Å². The van der Waals surface area contributed by atoms with Crippen LogP contribution in [0.1, 0.15) is 0 Å². The van der Waals surface area contributed by atoms with Crippen molar-refractivity contribution in [3.05, 3.63) is 73.1 Å². The van der Waals surface area contributed by atoms with Gasteiger partial charge in [0.1, 0.15) is 5.82 Å². The van der Waals surface area contributed by atoms with Crippen molar-refractivity contribution in [1.82, 2.24) is 9.21 Å². The van der Waals surface area contributed by atoms with Crippen LogP contribution in [0.3, 0.4) is 0 Å². The average Bonchev–Trinajstić information content (AvgIpc) is 2.73. The lowest BCUT2D eigenvalue weighted by Crippen LogP contribution is -2.51. The third kappa shape index (κ3) is 5.09. The second-order valence-corrected chi connectivity index (χ2v) is 8.70. The highest BCUT2D eigenvalue weighted by Gasteiger charge is 2.30. The van der Waals surface area contributed by atoms with E-state index in [-0.39, 0.29) is 30.4 Å². The second kappa shape index (κ2) is 9.30. The van der Waals surface area contributed by atoms with Crippen molar-refractivity contribution in [2.75, 3.05) is 44.2 Å². The first-order valence-electron chi connectivity index (χ1n) is 9.36. The van der Waals surface area contributed by atoms with Gasteiger partial charge >= 0.3 is 0 Å². The monoisotopic (exact) mass is 417 g/mol. The molecule has 0 N–H and O–H groups in total. The molecule has 3 rings (SSSR count). The summed E-state index contributed by atoms with van der Waals surface area (Å²) in [6, 6.07) is 14.4. The van der Waals surface area contributed by atoms with Gasteiger partial charge < -0.3 is 4.90 Å². The van der Waals surface area contributed by atoms with Crippen LogP contribution in [-0.2, 0) is 14.8 Å². The zero-order valence-electron chi connectivity index (χ0n) is 16.1. The Morgan fingerprint density at radius 3 is 2.38 bits per heavy atom. The molecule has 0 atom stereocenters. The molecule has 1 heterocycles. The normalized spacial score (nSPS) is 15.8. The van der Waals surface area contributed by atoms with Gasteiger partial charge in [0.15, 0.2) is 0 Å². The van der Waals surface area contributed by atoms with Crippen molar-refractivity contribution in [2.24, 2.45) is 0 Å². The molecule has 0 saturated carbocycles. The van der Waals surface area contributed by atoms with Crippen LogP contribution >= 0.6 is 0 Å². The third-order valence-electron chi connectivity index (χ3n) is 4.80. The Hall–Kier alpha value is -2.55. The fourth-order valence-corrected chi connectivity index (χ4v) is 4.72. The van der Waals surface area contributed by atoms with Gasteiger partial charge in [-0.25, -0.2) is 12.8 Å². The number of carbonyl (C=O) groups is 1. The number of para-hydroxylation sites is 1. The first-order chi connectivity index (χ1) is 13.9. The number of benzene rings is 2. The SMILES string of the molecule is C=CCN(C(=O)CN1CCN(S(=O)(=O)c2cccc(F)c2)CC1)c1ccccc1. The Bertz CT molecular complexity index is 958. The van der Waals surface area contributed by atoms with E-state index < -0.39 is 15.8 Å². The number of hydrogen-bond donors (Lipinski definition) is 0. The summed E-state index contributed by atoms with van der Waals surface area (Å²) >= 11 is 0. The molecule has 29 heavy (non-hydrogen) atoms. The van der Waals surface area contributed by atoms with Crippen LogP contribution in [0.15, 0.2) is 72.1 Å². The molecule has 1 fully saturated rings. The van der Waals surface area contributed by atoms with Crippen LogP contribution in [0.2, 0.25) is 0 Å². The second-order valence-electron chi connectivity index (χ2n) is 6.77. The van der Waals surface area contributed by atoms with Crippen molar-refractivity contribution in [3.8, 4) is 0 Å². The Kier molecular flexibility index (Phi) is 6.79. The quantitative estimate of drug-likeness (QED) is 0.649. The van der Waals surface area contributed by atoms with Gasteiger partial charge in [0, 0.05) is 38.4 Å². The van der Waals surface area contributed by atoms with Gasteiger partial charge in [-0.3, -0.25) is 9.69 Å². The van der Waals surface area contributed by atoms with Gasteiger partial charge in [-0.2, -0.15) is 4.31 Å². The highest BCUT2D eigenvalue weighted by Crippen LogP contribution is 2.19. The predicted molar refractivity (Wildman–Crippen MR) is 111 cm³/mol. The maximum absolute atomic E-state index is 13.4. The van der Waals surface area contributed by atoms with Crippen molar-refractivity contribution in [3.63, 3.8) is 0 Å². The van der Waals surface area contributed by atoms with E-state index in [1.807, 2.05) is 35.2 Å². The van der Waals surface area contributed by atoms with E-state index in [1.165, 1.54) is 22.5 Å². The van der Waals surface area contributed by atoms with Gasteiger partial charge in [0.2, 0.25) is 15.9 Å². The average molecular weight is 418 g/mol. The van der Waals surface area contributed by atoms with E-state index in [1.54, 1.807) is 11.0 Å². The van der Waals surface area contributed by atoms with E-state index in [4.69, 9.17) is 0 Å². The molecule has 1 aliphatic heterocycles. The Morgan fingerprint density at radius 1 is 1.07 bits per heavy atom. The fourth-order valence-electron chi connectivity index (χ4n) is 3.27. The summed E-state index contributed by atoms with van der Waals surface area (Å²) < 4.78 is 40.1. The molecule has 1 aliphatic rings. The van der Waals surface area contributed by atoms with Crippen LogP contribution in [0.25, 0.3) is 0 Å². The number of rotatable bonds is 7. The molecule has 0 bridgehead atoms. The highest BCUT2D eigenvalue weighted by molar-refractivity contribution is 7.89. The lowest BCUT2D eigenvalue weighted by molar-refractivity contribution is -0.119. The molecule has 1 saturated heterocycles. The van der Waals surface area contributed by atoms with Gasteiger partial charge in [0.05, 0.1) is 11.4 Å². The maximum Gasteiger partial charge on any atom is 0.243 e. The van der Waals surface area contributed by atoms with Gasteiger partial charge in [-0.15, -0.1) is 6.58 Å². The molecule has 0 unspecified atom stereocenters. The van der Waals surface area contributed by atoms with Gasteiger partial charge in [-0.1, -0.05) is 30.3 Å². The first kappa shape index (κ1) is 21.2. The molecular weight excluding hydrogens is 393 g/mol. The van der Waals surface area contributed by atoms with E-state index in [2.05, 4.69) is 6.58 Å². The highest BCUT2D eigenvalue weighted by atomic mass is 32.2. The smallest absolute Gasteiger partial charge is 0.243 e. The van der Waals surface area contributed by atoms with Crippen molar-refractivity contribution >= 4 is 21.6 Å². The molecule has 1 amide bonds. The van der Waals surface area contributed by atoms with Crippen molar-refractivity contribution in [1.29, 1.82) is 0 Å². The summed E-state index contributed by atoms with van der Waals surface area (Å²) in [6.07, 6.45) is 1.68. The van der Waals surface area contributed by atoms with Crippen molar-refractivity contribution < 1.29 is 17.6 Å². The molecule has 154 valence electrons. The predicted octanol–water partition coefficient (Wildman–Crippen LogP) is 2.35. The van der Waals surface area contributed by atoms with Gasteiger partial charge in [-0.05, 0) is 30.3 Å². The van der Waals surface area contributed by atoms with Crippen LogP contribution in [0.4, 0.5) is 10.1 Å². The summed E-state index contributed by atoms with van der Waals surface area (Å²) in [5.74, 6) is -0.656. The van der Waals surface area contributed by atoms with Crippen molar-refractivity contribution in [2.45, 2.75) is 4.90 Å². The topological polar surface area (TPSA) is 60.9 Å². The first-order valence-corrected chi connectivity index (χ1v) is 10.8. The summed E-state index contributed by atoms with van der Waals surface area (Å²) in [5, 5.41) is 0. The molecule has 2 aromatic rings. The lowest BCUT2D eigenvalue weighted by atomic mass is 10.2. The largest absolute Gasteiger partial charge is 0.308 e. The summed E-state index contributed by atoms with van der Waals surface area (Å²) in [6.45, 7) is 5.66. The molecule has 8 heteroatoms. The van der Waals surface area contributed by atoms with Crippen LogP contribution in [0, 0.1) is 5.82 Å². The number of piperazine rings is 1. The lowest BCUT2D eigenvalue weighted by Gasteiger charge is -2.34. The number of amides is 1. The van der Waals surface area contributed by atoms with E-state index in [0.29, 0.717) is 19.6 Å². The van der Waals surface area contributed by atoms with E-state index in [0.717, 1.165) is 11.8 Å². The Labute approximate surface area is 170 Å². The zero-order valence-corrected chi connectivity index (χ0v) is 16.9.